The average molecular weight is 413 g/mol. The number of hydrogen-bond acceptors (Lipinski definition) is 3. The Bertz CT molecular complexity index is 886. The first kappa shape index (κ1) is 21.8. The van der Waals surface area contributed by atoms with Gasteiger partial charge in [0, 0.05) is 30.6 Å². The quantitative estimate of drug-likeness (QED) is 0.706. The number of nitrogens with one attached hydrogen (secondary N) is 1. The van der Waals surface area contributed by atoms with E-state index in [-0.39, 0.29) is 24.2 Å². The number of likely N-dealkylation sites (tertiary alicyclic amines) is 1. The second-order valence-electron chi connectivity index (χ2n) is 7.58. The topological polar surface area (TPSA) is 58.6 Å². The standard InChI is InChI=1S/C24H29FN2O3/c1-3-4-15-27-22(28)14-13-19(23(27)18-10-6-8-12-21(18)30-2)24(29)26-16-17-9-5-7-11-20(17)25/h5-12,19,23H,3-4,13-16H2,1-2H3,(H,26,29). The molecule has 0 spiro atoms. The van der Waals surface area contributed by atoms with Gasteiger partial charge in [0.2, 0.25) is 11.8 Å². The molecule has 1 N–H and O–H groups in total. The van der Waals surface area contributed by atoms with E-state index in [1.165, 1.54) is 6.07 Å². The van der Waals surface area contributed by atoms with E-state index in [1.54, 1.807) is 25.3 Å². The molecule has 0 bridgehead atoms. The molecule has 1 heterocycles. The molecule has 30 heavy (non-hydrogen) atoms. The van der Waals surface area contributed by atoms with Crippen molar-refractivity contribution in [3.05, 3.63) is 65.5 Å². The van der Waals surface area contributed by atoms with Crippen molar-refractivity contribution in [1.82, 2.24) is 10.2 Å². The highest BCUT2D eigenvalue weighted by Gasteiger charge is 2.41. The lowest BCUT2D eigenvalue weighted by Gasteiger charge is -2.41. The zero-order chi connectivity index (χ0) is 21.5. The van der Waals surface area contributed by atoms with Crippen molar-refractivity contribution in [1.29, 1.82) is 0 Å². The molecule has 0 radical (unpaired) electrons. The molecular weight excluding hydrogens is 383 g/mol. The maximum atomic E-state index is 14.0. The number of ether oxygens (including phenoxy) is 1. The highest BCUT2D eigenvalue weighted by atomic mass is 19.1. The van der Waals surface area contributed by atoms with E-state index in [0.29, 0.717) is 30.7 Å². The lowest BCUT2D eigenvalue weighted by atomic mass is 9.83. The van der Waals surface area contributed by atoms with Gasteiger partial charge in [-0.2, -0.15) is 0 Å². The van der Waals surface area contributed by atoms with E-state index in [9.17, 15) is 14.0 Å². The predicted octanol–water partition coefficient (Wildman–Crippen LogP) is 4.23. The first-order valence-corrected chi connectivity index (χ1v) is 10.5. The van der Waals surface area contributed by atoms with Crippen LogP contribution in [0.5, 0.6) is 5.75 Å². The third kappa shape index (κ3) is 4.81. The van der Waals surface area contributed by atoms with Crippen molar-refractivity contribution in [2.75, 3.05) is 13.7 Å². The number of carbonyl (C=O) groups is 2. The summed E-state index contributed by atoms with van der Waals surface area (Å²) in [5.74, 6) is -0.239. The zero-order valence-corrected chi connectivity index (χ0v) is 17.6. The van der Waals surface area contributed by atoms with Crippen LogP contribution in [0.1, 0.15) is 49.8 Å². The third-order valence-corrected chi connectivity index (χ3v) is 5.66. The van der Waals surface area contributed by atoms with Crippen LogP contribution in [0.2, 0.25) is 0 Å². The van der Waals surface area contributed by atoms with Gasteiger partial charge in [0.15, 0.2) is 0 Å². The summed E-state index contributed by atoms with van der Waals surface area (Å²) in [6.45, 7) is 2.78. The number of methoxy groups -OCH3 is 1. The maximum Gasteiger partial charge on any atom is 0.225 e. The van der Waals surface area contributed by atoms with Crippen molar-refractivity contribution >= 4 is 11.8 Å². The Hall–Kier alpha value is -2.89. The van der Waals surface area contributed by atoms with Crippen LogP contribution >= 0.6 is 0 Å². The van der Waals surface area contributed by atoms with Crippen LogP contribution in [0.15, 0.2) is 48.5 Å². The van der Waals surface area contributed by atoms with Crippen LogP contribution in [0.25, 0.3) is 0 Å². The summed E-state index contributed by atoms with van der Waals surface area (Å²) in [6.07, 6.45) is 2.59. The lowest BCUT2D eigenvalue weighted by Crippen LogP contribution is -2.48. The maximum absolute atomic E-state index is 14.0. The minimum absolute atomic E-state index is 0.0532. The Morgan fingerprint density at radius 1 is 1.20 bits per heavy atom. The number of rotatable bonds is 8. The molecule has 2 unspecified atom stereocenters. The second kappa shape index (κ2) is 10.2. The number of carbonyl (C=O) groups excluding carboxylic acids is 2. The molecule has 6 heteroatoms. The molecule has 3 rings (SSSR count). The molecular formula is C24H29FN2O3. The predicted molar refractivity (Wildman–Crippen MR) is 113 cm³/mol. The molecule has 2 aromatic carbocycles. The van der Waals surface area contributed by atoms with Crippen LogP contribution in [0, 0.1) is 11.7 Å². The van der Waals surface area contributed by atoms with Crippen molar-refractivity contribution in [2.45, 2.75) is 45.2 Å². The lowest BCUT2D eigenvalue weighted by molar-refractivity contribution is -0.143. The summed E-state index contributed by atoms with van der Waals surface area (Å²) >= 11 is 0. The molecule has 1 saturated heterocycles. The summed E-state index contributed by atoms with van der Waals surface area (Å²) in [7, 11) is 1.59. The van der Waals surface area contributed by atoms with Gasteiger partial charge in [-0.05, 0) is 25.0 Å². The van der Waals surface area contributed by atoms with Crippen LogP contribution in [0.4, 0.5) is 4.39 Å². The molecule has 1 aliphatic rings. The van der Waals surface area contributed by atoms with E-state index in [0.717, 1.165) is 18.4 Å². The number of benzene rings is 2. The average Bonchev–Trinajstić information content (AvgIpc) is 2.77. The summed E-state index contributed by atoms with van der Waals surface area (Å²) in [5, 5.41) is 2.88. The number of nitrogens with zero attached hydrogens (tertiary/aromatic N) is 1. The number of halogens is 1. The summed E-state index contributed by atoms with van der Waals surface area (Å²) < 4.78 is 19.5. The first-order chi connectivity index (χ1) is 14.6. The highest BCUT2D eigenvalue weighted by Crippen LogP contribution is 2.40. The molecule has 160 valence electrons. The van der Waals surface area contributed by atoms with Gasteiger partial charge >= 0.3 is 0 Å². The molecule has 2 amide bonds. The molecule has 0 aliphatic carbocycles. The molecule has 5 nitrogen and oxygen atoms in total. The van der Waals surface area contributed by atoms with Gasteiger partial charge in [-0.1, -0.05) is 49.7 Å². The van der Waals surface area contributed by atoms with Crippen molar-refractivity contribution in [2.24, 2.45) is 5.92 Å². The fourth-order valence-electron chi connectivity index (χ4n) is 4.07. The van der Waals surface area contributed by atoms with E-state index in [4.69, 9.17) is 4.74 Å². The van der Waals surface area contributed by atoms with Gasteiger partial charge in [-0.15, -0.1) is 0 Å². The van der Waals surface area contributed by atoms with Crippen LogP contribution in [-0.2, 0) is 16.1 Å². The van der Waals surface area contributed by atoms with Crippen LogP contribution < -0.4 is 10.1 Å². The second-order valence-corrected chi connectivity index (χ2v) is 7.58. The Labute approximate surface area is 177 Å². The summed E-state index contributed by atoms with van der Waals surface area (Å²) in [4.78, 5) is 27.8. The van der Waals surface area contributed by atoms with Gasteiger partial charge in [0.1, 0.15) is 11.6 Å². The van der Waals surface area contributed by atoms with E-state index in [1.807, 2.05) is 29.2 Å². The molecule has 1 fully saturated rings. The monoisotopic (exact) mass is 412 g/mol. The normalized spacial score (nSPS) is 18.9. The van der Waals surface area contributed by atoms with Gasteiger partial charge < -0.3 is 15.0 Å². The number of amides is 2. The smallest absolute Gasteiger partial charge is 0.225 e. The Kier molecular flexibility index (Phi) is 7.44. The van der Waals surface area contributed by atoms with E-state index < -0.39 is 12.0 Å². The van der Waals surface area contributed by atoms with E-state index >= 15 is 0 Å². The number of para-hydroxylation sites is 1. The zero-order valence-electron chi connectivity index (χ0n) is 17.6. The minimum atomic E-state index is -0.428. The number of hydrogen-bond donors (Lipinski definition) is 1. The van der Waals surface area contributed by atoms with Crippen LogP contribution in [0.3, 0.4) is 0 Å². The first-order valence-electron chi connectivity index (χ1n) is 10.5. The molecule has 1 aliphatic heterocycles. The van der Waals surface area contributed by atoms with Crippen molar-refractivity contribution in [3.63, 3.8) is 0 Å². The van der Waals surface area contributed by atoms with Crippen molar-refractivity contribution in [3.8, 4) is 5.75 Å². The molecule has 2 aromatic rings. The number of piperidine rings is 1. The van der Waals surface area contributed by atoms with Gasteiger partial charge in [-0.3, -0.25) is 9.59 Å². The highest BCUT2D eigenvalue weighted by molar-refractivity contribution is 5.85. The third-order valence-electron chi connectivity index (χ3n) is 5.66. The summed E-state index contributed by atoms with van der Waals surface area (Å²) in [5.41, 5.74) is 1.27. The SMILES string of the molecule is CCCCN1C(=O)CCC(C(=O)NCc2ccccc2F)C1c1ccccc1OC. The van der Waals surface area contributed by atoms with Gasteiger partial charge in [0.25, 0.3) is 0 Å². The van der Waals surface area contributed by atoms with Gasteiger partial charge in [-0.25, -0.2) is 4.39 Å². The van der Waals surface area contributed by atoms with Crippen molar-refractivity contribution < 1.29 is 18.7 Å². The Balaban J connectivity index is 1.88. The van der Waals surface area contributed by atoms with E-state index in [2.05, 4.69) is 12.2 Å². The van der Waals surface area contributed by atoms with Crippen LogP contribution in [-0.4, -0.2) is 30.4 Å². The fourth-order valence-corrected chi connectivity index (χ4v) is 4.07. The summed E-state index contributed by atoms with van der Waals surface area (Å²) in [6, 6.07) is 13.5. The largest absolute Gasteiger partial charge is 0.496 e. The Morgan fingerprint density at radius 3 is 2.67 bits per heavy atom. The minimum Gasteiger partial charge on any atom is -0.496 e. The molecule has 0 saturated carbocycles. The number of unbranched alkanes of at least 4 members (excludes halogenated alkanes) is 1. The fraction of sp³-hybridized carbons (Fsp3) is 0.417. The molecule has 2 atom stereocenters. The molecule has 0 aromatic heterocycles. The van der Waals surface area contributed by atoms with Gasteiger partial charge in [0.05, 0.1) is 19.1 Å². The Morgan fingerprint density at radius 2 is 1.93 bits per heavy atom.